The first-order valence-electron chi connectivity index (χ1n) is 4.46. The van der Waals surface area contributed by atoms with Gasteiger partial charge in [0.1, 0.15) is 0 Å². The molecule has 70 valence electrons. The van der Waals surface area contributed by atoms with Crippen molar-refractivity contribution in [1.82, 2.24) is 10.2 Å². The van der Waals surface area contributed by atoms with Gasteiger partial charge in [0.25, 0.3) is 0 Å². The molecule has 1 saturated heterocycles. The van der Waals surface area contributed by atoms with Crippen molar-refractivity contribution >= 4 is 0 Å². The lowest BCUT2D eigenvalue weighted by molar-refractivity contribution is 0.0505. The Hall–Kier alpha value is -1.00. The van der Waals surface area contributed by atoms with Crippen molar-refractivity contribution in [2.75, 3.05) is 13.2 Å². The molecule has 0 unspecified atom stereocenters. The first-order valence-corrected chi connectivity index (χ1v) is 4.46. The molecule has 4 nitrogen and oxygen atoms in total. The van der Waals surface area contributed by atoms with E-state index in [0.29, 0.717) is 13.2 Å². The minimum atomic E-state index is -0.327. The van der Waals surface area contributed by atoms with Crippen molar-refractivity contribution in [1.29, 1.82) is 0 Å². The van der Waals surface area contributed by atoms with Crippen molar-refractivity contribution in [2.24, 2.45) is 5.73 Å². The van der Waals surface area contributed by atoms with Crippen LogP contribution < -0.4 is 5.73 Å². The van der Waals surface area contributed by atoms with Crippen LogP contribution in [-0.4, -0.2) is 23.4 Å². The molecule has 1 aliphatic heterocycles. The molecule has 0 amide bonds. The number of ether oxygens (including phenoxy) is 1. The third kappa shape index (κ3) is 1.68. The van der Waals surface area contributed by atoms with Gasteiger partial charge in [-0.1, -0.05) is 0 Å². The van der Waals surface area contributed by atoms with Gasteiger partial charge in [-0.2, -0.15) is 10.2 Å². The van der Waals surface area contributed by atoms with Gasteiger partial charge >= 0.3 is 0 Å². The number of nitrogens with two attached hydrogens (primary N) is 1. The average molecular weight is 179 g/mol. The molecule has 4 heteroatoms. The van der Waals surface area contributed by atoms with E-state index < -0.39 is 0 Å². The van der Waals surface area contributed by atoms with Gasteiger partial charge in [0, 0.05) is 19.4 Å². The summed E-state index contributed by atoms with van der Waals surface area (Å²) in [4.78, 5) is 0. The molecular formula is C9H13N3O. The number of nitrogens with zero attached hydrogens (tertiary/aromatic N) is 2. The highest BCUT2D eigenvalue weighted by atomic mass is 16.5. The second kappa shape index (κ2) is 3.40. The Morgan fingerprint density at radius 2 is 2.15 bits per heavy atom. The van der Waals surface area contributed by atoms with Crippen molar-refractivity contribution in [3.05, 3.63) is 24.0 Å². The molecule has 0 spiro atoms. The van der Waals surface area contributed by atoms with E-state index in [2.05, 4.69) is 10.2 Å². The van der Waals surface area contributed by atoms with E-state index in [1.807, 2.05) is 12.1 Å². The van der Waals surface area contributed by atoms with Gasteiger partial charge in [-0.3, -0.25) is 0 Å². The van der Waals surface area contributed by atoms with Crippen LogP contribution >= 0.6 is 0 Å². The van der Waals surface area contributed by atoms with E-state index in [9.17, 15) is 0 Å². The van der Waals surface area contributed by atoms with Crippen LogP contribution in [0.3, 0.4) is 0 Å². The lowest BCUT2D eigenvalue weighted by Gasteiger charge is -2.32. The van der Waals surface area contributed by atoms with Crippen molar-refractivity contribution in [3.63, 3.8) is 0 Å². The summed E-state index contributed by atoms with van der Waals surface area (Å²) in [5.41, 5.74) is 6.74. The van der Waals surface area contributed by atoms with Gasteiger partial charge in [0.15, 0.2) is 0 Å². The molecule has 2 heterocycles. The summed E-state index contributed by atoms with van der Waals surface area (Å²) in [6, 6.07) is 3.80. The van der Waals surface area contributed by atoms with Gasteiger partial charge in [0.05, 0.1) is 11.2 Å². The Labute approximate surface area is 77.1 Å². The second-order valence-electron chi connectivity index (χ2n) is 3.38. The van der Waals surface area contributed by atoms with Crippen molar-refractivity contribution < 1.29 is 4.74 Å². The highest BCUT2D eigenvalue weighted by Crippen LogP contribution is 2.26. The molecule has 1 aliphatic rings. The van der Waals surface area contributed by atoms with E-state index in [4.69, 9.17) is 10.5 Å². The van der Waals surface area contributed by atoms with Crippen LogP contribution in [0.25, 0.3) is 0 Å². The summed E-state index contributed by atoms with van der Waals surface area (Å²) in [7, 11) is 0. The Bertz CT molecular complexity index is 269. The Morgan fingerprint density at radius 3 is 2.77 bits per heavy atom. The first-order chi connectivity index (χ1) is 6.31. The zero-order valence-electron chi connectivity index (χ0n) is 7.44. The zero-order valence-corrected chi connectivity index (χ0v) is 7.44. The van der Waals surface area contributed by atoms with Gasteiger partial charge in [-0.15, -0.1) is 0 Å². The van der Waals surface area contributed by atoms with Crippen LogP contribution in [0.4, 0.5) is 0 Å². The monoisotopic (exact) mass is 179 g/mol. The molecule has 2 N–H and O–H groups in total. The highest BCUT2D eigenvalue weighted by Gasteiger charge is 2.31. The average Bonchev–Trinajstić information content (AvgIpc) is 2.20. The fraction of sp³-hybridized carbons (Fsp3) is 0.556. The molecule has 1 aromatic heterocycles. The quantitative estimate of drug-likeness (QED) is 0.679. The maximum absolute atomic E-state index is 6.20. The van der Waals surface area contributed by atoms with Gasteiger partial charge < -0.3 is 10.5 Å². The third-order valence-corrected chi connectivity index (χ3v) is 2.47. The molecular weight excluding hydrogens is 166 g/mol. The number of aromatic nitrogens is 2. The van der Waals surface area contributed by atoms with Crippen LogP contribution in [0.15, 0.2) is 18.3 Å². The summed E-state index contributed by atoms with van der Waals surface area (Å²) in [5.74, 6) is 0. The predicted molar refractivity (Wildman–Crippen MR) is 48.0 cm³/mol. The molecule has 0 bridgehead atoms. The van der Waals surface area contributed by atoms with Gasteiger partial charge in [-0.25, -0.2) is 0 Å². The molecule has 2 rings (SSSR count). The molecule has 0 atom stereocenters. The lowest BCUT2D eigenvalue weighted by Crippen LogP contribution is -2.42. The van der Waals surface area contributed by atoms with Crippen molar-refractivity contribution in [2.45, 2.75) is 18.4 Å². The SMILES string of the molecule is NC1(c2cccnn2)CCOCC1. The van der Waals surface area contributed by atoms with E-state index in [-0.39, 0.29) is 5.54 Å². The summed E-state index contributed by atoms with van der Waals surface area (Å²) < 4.78 is 5.26. The lowest BCUT2D eigenvalue weighted by atomic mass is 9.88. The smallest absolute Gasteiger partial charge is 0.0831 e. The minimum Gasteiger partial charge on any atom is -0.381 e. The van der Waals surface area contributed by atoms with Crippen molar-refractivity contribution in [3.8, 4) is 0 Å². The standard InChI is InChI=1S/C9H13N3O/c10-9(3-6-13-7-4-9)8-2-1-5-11-12-8/h1-2,5H,3-4,6-7,10H2. The fourth-order valence-corrected chi connectivity index (χ4v) is 1.56. The first kappa shape index (κ1) is 8.59. The van der Waals surface area contributed by atoms with E-state index in [1.165, 1.54) is 0 Å². The highest BCUT2D eigenvalue weighted by molar-refractivity contribution is 5.13. The topological polar surface area (TPSA) is 61.0 Å². The Morgan fingerprint density at radius 1 is 1.38 bits per heavy atom. The number of hydrogen-bond donors (Lipinski definition) is 1. The summed E-state index contributed by atoms with van der Waals surface area (Å²) in [6.45, 7) is 1.43. The largest absolute Gasteiger partial charge is 0.381 e. The molecule has 1 aromatic rings. The van der Waals surface area contributed by atoms with Crippen LogP contribution in [0.5, 0.6) is 0 Å². The second-order valence-corrected chi connectivity index (χ2v) is 3.38. The summed E-state index contributed by atoms with van der Waals surface area (Å²) >= 11 is 0. The van der Waals surface area contributed by atoms with E-state index >= 15 is 0 Å². The Kier molecular flexibility index (Phi) is 2.24. The maximum Gasteiger partial charge on any atom is 0.0831 e. The number of hydrogen-bond acceptors (Lipinski definition) is 4. The summed E-state index contributed by atoms with van der Waals surface area (Å²) in [5, 5.41) is 7.88. The molecule has 0 radical (unpaired) electrons. The number of rotatable bonds is 1. The molecule has 0 saturated carbocycles. The summed E-state index contributed by atoms with van der Waals surface area (Å²) in [6.07, 6.45) is 3.31. The van der Waals surface area contributed by atoms with Crippen LogP contribution in [0.1, 0.15) is 18.5 Å². The maximum atomic E-state index is 6.20. The van der Waals surface area contributed by atoms with Crippen LogP contribution in [0, 0.1) is 0 Å². The molecule has 0 aliphatic carbocycles. The molecule has 0 aromatic carbocycles. The van der Waals surface area contributed by atoms with Crippen LogP contribution in [-0.2, 0) is 10.3 Å². The molecule has 13 heavy (non-hydrogen) atoms. The third-order valence-electron chi connectivity index (χ3n) is 2.47. The fourth-order valence-electron chi connectivity index (χ4n) is 1.56. The van der Waals surface area contributed by atoms with E-state index in [1.54, 1.807) is 6.20 Å². The Balaban J connectivity index is 2.23. The predicted octanol–water partition coefficient (Wildman–Crippen LogP) is 0.441. The van der Waals surface area contributed by atoms with E-state index in [0.717, 1.165) is 18.5 Å². The van der Waals surface area contributed by atoms with Gasteiger partial charge in [0.2, 0.25) is 0 Å². The van der Waals surface area contributed by atoms with Gasteiger partial charge in [-0.05, 0) is 25.0 Å². The normalized spacial score (nSPS) is 21.3. The van der Waals surface area contributed by atoms with Crippen LogP contribution in [0.2, 0.25) is 0 Å². The zero-order chi connectivity index (χ0) is 9.15. The molecule has 1 fully saturated rings. The minimum absolute atomic E-state index is 0.327.